The number of rotatable bonds is 4. The number of carbonyl (C=O) groups excluding carboxylic acids is 2. The van der Waals surface area contributed by atoms with Crippen LogP contribution in [-0.2, 0) is 6.54 Å². The van der Waals surface area contributed by atoms with E-state index in [-0.39, 0.29) is 16.9 Å². The summed E-state index contributed by atoms with van der Waals surface area (Å²) in [7, 11) is 0. The van der Waals surface area contributed by atoms with Crippen LogP contribution in [0.4, 0.5) is 10.1 Å². The van der Waals surface area contributed by atoms with Crippen molar-refractivity contribution in [2.24, 2.45) is 5.73 Å². The predicted molar refractivity (Wildman–Crippen MR) is 70.8 cm³/mol. The Kier molecular flexibility index (Phi) is 3.79. The molecule has 0 aliphatic rings. The number of hydrogen-bond acceptors (Lipinski definition) is 3. The molecule has 0 radical (unpaired) electrons. The van der Waals surface area contributed by atoms with Crippen molar-refractivity contribution in [3.8, 4) is 0 Å². The normalized spacial score (nSPS) is 10.3. The molecule has 0 saturated heterocycles. The van der Waals surface area contributed by atoms with Gasteiger partial charge in [0.1, 0.15) is 11.5 Å². The number of aryl methyl sites for hydroxylation is 1. The lowest BCUT2D eigenvalue weighted by Crippen LogP contribution is -2.21. The van der Waals surface area contributed by atoms with Gasteiger partial charge in [0.25, 0.3) is 11.8 Å². The zero-order chi connectivity index (χ0) is 14.7. The van der Waals surface area contributed by atoms with E-state index >= 15 is 0 Å². The summed E-state index contributed by atoms with van der Waals surface area (Å²) in [6.07, 6.45) is 1.35. The molecule has 2 aromatic rings. The second-order valence-electron chi connectivity index (χ2n) is 4.05. The first-order chi connectivity index (χ1) is 9.52. The van der Waals surface area contributed by atoms with Crippen LogP contribution in [0, 0.1) is 5.82 Å². The number of aromatic nitrogens is 2. The molecule has 1 aromatic heterocycles. The lowest BCUT2D eigenvalue weighted by Gasteiger charge is -2.06. The molecule has 0 fully saturated rings. The fraction of sp³-hybridized carbons (Fsp3) is 0.154. The molecule has 2 amide bonds. The minimum atomic E-state index is -0.682. The Morgan fingerprint density at radius 1 is 1.35 bits per heavy atom. The number of hydrogen-bond donors (Lipinski definition) is 2. The number of amides is 2. The van der Waals surface area contributed by atoms with Gasteiger partial charge in [-0.3, -0.25) is 14.3 Å². The maximum atomic E-state index is 12.8. The highest BCUT2D eigenvalue weighted by Crippen LogP contribution is 2.16. The summed E-state index contributed by atoms with van der Waals surface area (Å²) in [5, 5.41) is 6.49. The van der Waals surface area contributed by atoms with Crippen molar-refractivity contribution in [3.05, 3.63) is 47.5 Å². The van der Waals surface area contributed by atoms with Crippen LogP contribution in [0.5, 0.6) is 0 Å². The van der Waals surface area contributed by atoms with Crippen molar-refractivity contribution in [1.82, 2.24) is 9.78 Å². The largest absolute Gasteiger partial charge is 0.364 e. The molecule has 0 aliphatic heterocycles. The topological polar surface area (TPSA) is 90.0 Å². The zero-order valence-corrected chi connectivity index (χ0v) is 10.8. The van der Waals surface area contributed by atoms with Crippen molar-refractivity contribution >= 4 is 17.5 Å². The van der Waals surface area contributed by atoms with Gasteiger partial charge in [-0.05, 0) is 31.2 Å². The fourth-order valence-electron chi connectivity index (χ4n) is 1.77. The second kappa shape index (κ2) is 5.52. The number of benzene rings is 1. The van der Waals surface area contributed by atoms with Crippen LogP contribution >= 0.6 is 0 Å². The van der Waals surface area contributed by atoms with Gasteiger partial charge < -0.3 is 11.1 Å². The highest BCUT2D eigenvalue weighted by Gasteiger charge is 2.17. The minimum Gasteiger partial charge on any atom is -0.364 e. The van der Waals surface area contributed by atoms with Gasteiger partial charge in [0.05, 0.1) is 11.9 Å². The van der Waals surface area contributed by atoms with Gasteiger partial charge in [-0.25, -0.2) is 4.39 Å². The first-order valence-corrected chi connectivity index (χ1v) is 5.95. The number of nitrogens with two attached hydrogens (primary N) is 1. The highest BCUT2D eigenvalue weighted by atomic mass is 19.1. The summed E-state index contributed by atoms with van der Waals surface area (Å²) >= 11 is 0. The molecule has 0 bridgehead atoms. The van der Waals surface area contributed by atoms with Gasteiger partial charge in [-0.15, -0.1) is 0 Å². The van der Waals surface area contributed by atoms with E-state index in [4.69, 9.17) is 5.73 Å². The monoisotopic (exact) mass is 276 g/mol. The Morgan fingerprint density at radius 2 is 2.00 bits per heavy atom. The number of carbonyl (C=O) groups is 2. The van der Waals surface area contributed by atoms with Crippen molar-refractivity contribution in [2.45, 2.75) is 13.5 Å². The Balaban J connectivity index is 2.26. The third kappa shape index (κ3) is 2.66. The summed E-state index contributed by atoms with van der Waals surface area (Å²) in [6.45, 7) is 2.25. The van der Waals surface area contributed by atoms with E-state index in [0.29, 0.717) is 6.54 Å². The van der Waals surface area contributed by atoms with Crippen LogP contribution in [0.2, 0.25) is 0 Å². The van der Waals surface area contributed by atoms with Crippen molar-refractivity contribution in [1.29, 1.82) is 0 Å². The van der Waals surface area contributed by atoms with Gasteiger partial charge in [0.15, 0.2) is 0 Å². The number of nitrogens with zero attached hydrogens (tertiary/aromatic N) is 2. The van der Waals surface area contributed by atoms with Crippen LogP contribution in [0.3, 0.4) is 0 Å². The third-order valence-electron chi connectivity index (χ3n) is 2.73. The maximum absolute atomic E-state index is 12.8. The SMILES string of the molecule is CCn1ncc(NC(=O)c2ccc(F)cc2)c1C(N)=O. The van der Waals surface area contributed by atoms with Crippen LogP contribution in [0.25, 0.3) is 0 Å². The first kappa shape index (κ1) is 13.7. The average Bonchev–Trinajstić information content (AvgIpc) is 2.82. The molecule has 0 saturated carbocycles. The van der Waals surface area contributed by atoms with E-state index in [2.05, 4.69) is 10.4 Å². The van der Waals surface area contributed by atoms with E-state index in [9.17, 15) is 14.0 Å². The Labute approximate surface area is 114 Å². The molecule has 6 nitrogen and oxygen atoms in total. The van der Waals surface area contributed by atoms with Gasteiger partial charge in [0, 0.05) is 12.1 Å². The lowest BCUT2D eigenvalue weighted by atomic mass is 10.2. The lowest BCUT2D eigenvalue weighted by molar-refractivity contribution is 0.0991. The Hall–Kier alpha value is -2.70. The van der Waals surface area contributed by atoms with Crippen molar-refractivity contribution < 1.29 is 14.0 Å². The third-order valence-corrected chi connectivity index (χ3v) is 2.73. The molecule has 2 rings (SSSR count). The second-order valence-corrected chi connectivity index (χ2v) is 4.05. The molecule has 20 heavy (non-hydrogen) atoms. The molecule has 0 spiro atoms. The van der Waals surface area contributed by atoms with Gasteiger partial charge >= 0.3 is 0 Å². The number of primary amides is 1. The molecular weight excluding hydrogens is 263 g/mol. The number of nitrogens with one attached hydrogen (secondary N) is 1. The van der Waals surface area contributed by atoms with Gasteiger partial charge in [-0.2, -0.15) is 5.10 Å². The summed E-state index contributed by atoms with van der Waals surface area (Å²) in [4.78, 5) is 23.4. The number of halogens is 1. The molecule has 0 atom stereocenters. The van der Waals surface area contributed by atoms with Crippen LogP contribution in [0.1, 0.15) is 27.8 Å². The first-order valence-electron chi connectivity index (χ1n) is 5.95. The van der Waals surface area contributed by atoms with E-state index in [1.807, 2.05) is 0 Å². The molecule has 0 aliphatic carbocycles. The molecule has 0 unspecified atom stereocenters. The fourth-order valence-corrected chi connectivity index (χ4v) is 1.77. The van der Waals surface area contributed by atoms with E-state index in [0.717, 1.165) is 0 Å². The average molecular weight is 276 g/mol. The maximum Gasteiger partial charge on any atom is 0.269 e. The quantitative estimate of drug-likeness (QED) is 0.884. The Morgan fingerprint density at radius 3 is 2.55 bits per heavy atom. The molecule has 3 N–H and O–H groups in total. The molecule has 1 aromatic carbocycles. The van der Waals surface area contributed by atoms with E-state index < -0.39 is 17.6 Å². The predicted octanol–water partition coefficient (Wildman–Crippen LogP) is 1.39. The van der Waals surface area contributed by atoms with Crippen LogP contribution in [0.15, 0.2) is 30.5 Å². The zero-order valence-electron chi connectivity index (χ0n) is 10.8. The minimum absolute atomic E-state index is 0.128. The van der Waals surface area contributed by atoms with E-state index in [1.54, 1.807) is 6.92 Å². The molecule has 104 valence electrons. The van der Waals surface area contributed by atoms with E-state index in [1.165, 1.54) is 35.1 Å². The standard InChI is InChI=1S/C13H13FN4O2/c1-2-18-11(12(15)19)10(7-16-18)17-13(20)8-3-5-9(14)6-4-8/h3-7H,2H2,1H3,(H2,15,19)(H,17,20). The summed E-state index contributed by atoms with van der Waals surface area (Å²) in [6, 6.07) is 5.05. The van der Waals surface area contributed by atoms with Crippen LogP contribution in [-0.4, -0.2) is 21.6 Å². The molecule has 1 heterocycles. The Bertz CT molecular complexity index is 649. The van der Waals surface area contributed by atoms with Gasteiger partial charge in [0.2, 0.25) is 0 Å². The molecule has 7 heteroatoms. The van der Waals surface area contributed by atoms with Crippen LogP contribution < -0.4 is 11.1 Å². The summed E-state index contributed by atoms with van der Waals surface area (Å²) in [5.74, 6) is -1.58. The number of anilines is 1. The van der Waals surface area contributed by atoms with Gasteiger partial charge in [-0.1, -0.05) is 0 Å². The highest BCUT2D eigenvalue weighted by molar-refractivity contribution is 6.08. The summed E-state index contributed by atoms with van der Waals surface area (Å²) < 4.78 is 14.2. The molecular formula is C13H13FN4O2. The summed E-state index contributed by atoms with van der Waals surface area (Å²) in [5.41, 5.74) is 5.90. The van der Waals surface area contributed by atoms with Crippen molar-refractivity contribution in [2.75, 3.05) is 5.32 Å². The smallest absolute Gasteiger partial charge is 0.269 e. The van der Waals surface area contributed by atoms with Crippen molar-refractivity contribution in [3.63, 3.8) is 0 Å².